The number of aliphatic hydroxyl groups is 1. The summed E-state index contributed by atoms with van der Waals surface area (Å²) < 4.78 is 11.0. The number of carbonyl (C=O) groups is 1. The Morgan fingerprint density at radius 1 is 1.11 bits per heavy atom. The van der Waals surface area contributed by atoms with Crippen LogP contribution >= 0.6 is 0 Å². The summed E-state index contributed by atoms with van der Waals surface area (Å²) in [5.41, 5.74) is 9.47. The second-order valence-corrected chi connectivity index (χ2v) is 7.32. The van der Waals surface area contributed by atoms with Gasteiger partial charge in [-0.05, 0) is 43.0 Å². The summed E-state index contributed by atoms with van der Waals surface area (Å²) in [4.78, 5) is 17.0. The first-order valence-electron chi connectivity index (χ1n) is 9.44. The first kappa shape index (κ1) is 18.5. The molecule has 146 valence electrons. The van der Waals surface area contributed by atoms with Crippen molar-refractivity contribution in [2.75, 3.05) is 14.2 Å². The Morgan fingerprint density at radius 3 is 2.54 bits per heavy atom. The number of fused-ring (bicyclic) bond motifs is 3. The summed E-state index contributed by atoms with van der Waals surface area (Å²) in [7, 11) is 3.20. The molecular weight excluding hydrogens is 356 g/mol. The van der Waals surface area contributed by atoms with Gasteiger partial charge in [-0.2, -0.15) is 0 Å². The van der Waals surface area contributed by atoms with Crippen LogP contribution in [-0.4, -0.2) is 43.1 Å². The average molecular weight is 380 g/mol. The van der Waals surface area contributed by atoms with E-state index < -0.39 is 5.91 Å². The van der Waals surface area contributed by atoms with Gasteiger partial charge in [0.15, 0.2) is 11.5 Å². The lowest BCUT2D eigenvalue weighted by Gasteiger charge is -2.37. The van der Waals surface area contributed by atoms with Crippen LogP contribution < -0.4 is 15.2 Å². The zero-order valence-corrected chi connectivity index (χ0v) is 16.0. The fourth-order valence-electron chi connectivity index (χ4n) is 4.38. The monoisotopic (exact) mass is 380 g/mol. The highest BCUT2D eigenvalue weighted by atomic mass is 16.5. The van der Waals surface area contributed by atoms with Gasteiger partial charge in [-0.15, -0.1) is 0 Å². The molecule has 6 heteroatoms. The van der Waals surface area contributed by atoms with Crippen LogP contribution in [-0.2, 0) is 0 Å². The quantitative estimate of drug-likeness (QED) is 0.853. The number of benzene rings is 2. The fourth-order valence-corrected chi connectivity index (χ4v) is 4.38. The number of methoxy groups -OCH3 is 2. The molecule has 0 radical (unpaired) electrons. The van der Waals surface area contributed by atoms with E-state index in [-0.39, 0.29) is 18.1 Å². The number of rotatable bonds is 4. The Balaban J connectivity index is 1.95. The van der Waals surface area contributed by atoms with Crippen molar-refractivity contribution in [3.63, 3.8) is 0 Å². The van der Waals surface area contributed by atoms with E-state index in [1.165, 1.54) is 0 Å². The van der Waals surface area contributed by atoms with Crippen molar-refractivity contribution in [3.05, 3.63) is 58.7 Å². The third-order valence-electron chi connectivity index (χ3n) is 5.74. The molecule has 3 atom stereocenters. The third-order valence-corrected chi connectivity index (χ3v) is 5.74. The molecule has 2 aliphatic rings. The van der Waals surface area contributed by atoms with Gasteiger partial charge < -0.3 is 20.3 Å². The number of ether oxygens (including phenoxy) is 2. The van der Waals surface area contributed by atoms with Gasteiger partial charge in [0.05, 0.1) is 32.1 Å². The van der Waals surface area contributed by atoms with Crippen molar-refractivity contribution >= 4 is 11.6 Å². The Morgan fingerprint density at radius 2 is 1.82 bits per heavy atom. The van der Waals surface area contributed by atoms with Crippen LogP contribution in [0.3, 0.4) is 0 Å². The predicted molar refractivity (Wildman–Crippen MR) is 107 cm³/mol. The summed E-state index contributed by atoms with van der Waals surface area (Å²) in [5, 5.41) is 10.2. The maximum atomic E-state index is 12.0. The summed E-state index contributed by atoms with van der Waals surface area (Å²) >= 11 is 0. The van der Waals surface area contributed by atoms with Crippen LogP contribution in [0.2, 0.25) is 0 Å². The molecule has 1 fully saturated rings. The second-order valence-electron chi connectivity index (χ2n) is 7.32. The first-order chi connectivity index (χ1) is 13.5. The fraction of sp³-hybridized carbons (Fsp3) is 0.364. The predicted octanol–water partition coefficient (Wildman–Crippen LogP) is 2.65. The van der Waals surface area contributed by atoms with E-state index in [0.29, 0.717) is 29.0 Å². The van der Waals surface area contributed by atoms with E-state index in [4.69, 9.17) is 20.2 Å². The number of aliphatic hydroxyl groups excluding tert-OH is 1. The highest BCUT2D eigenvalue weighted by molar-refractivity contribution is 6.19. The van der Waals surface area contributed by atoms with Gasteiger partial charge in [-0.3, -0.25) is 9.79 Å². The minimum Gasteiger partial charge on any atom is -0.493 e. The molecule has 0 saturated heterocycles. The Kier molecular flexibility index (Phi) is 4.81. The van der Waals surface area contributed by atoms with Gasteiger partial charge in [0.2, 0.25) is 5.91 Å². The van der Waals surface area contributed by atoms with E-state index in [0.717, 1.165) is 29.7 Å². The van der Waals surface area contributed by atoms with E-state index in [2.05, 4.69) is 0 Å². The smallest absolute Gasteiger partial charge is 0.249 e. The zero-order chi connectivity index (χ0) is 19.8. The van der Waals surface area contributed by atoms with Crippen LogP contribution in [0.25, 0.3) is 0 Å². The van der Waals surface area contributed by atoms with Crippen molar-refractivity contribution in [2.24, 2.45) is 10.7 Å². The summed E-state index contributed by atoms with van der Waals surface area (Å²) in [6, 6.07) is 11.2. The molecule has 2 aromatic carbocycles. The highest BCUT2D eigenvalue weighted by Crippen LogP contribution is 2.45. The summed E-state index contributed by atoms with van der Waals surface area (Å²) in [6.07, 6.45) is 1.83. The lowest BCUT2D eigenvalue weighted by molar-refractivity contribution is 0.1000. The van der Waals surface area contributed by atoms with Crippen LogP contribution in [0.15, 0.2) is 41.4 Å². The topological polar surface area (TPSA) is 94.1 Å². The molecule has 0 bridgehead atoms. The van der Waals surface area contributed by atoms with Crippen LogP contribution in [0.1, 0.15) is 52.2 Å². The van der Waals surface area contributed by atoms with Crippen molar-refractivity contribution in [3.8, 4) is 11.5 Å². The summed E-state index contributed by atoms with van der Waals surface area (Å²) in [5.74, 6) is 0.856. The van der Waals surface area contributed by atoms with Gasteiger partial charge >= 0.3 is 0 Å². The van der Waals surface area contributed by atoms with Gasteiger partial charge in [0, 0.05) is 22.6 Å². The minimum absolute atomic E-state index is 0.0462. The molecule has 0 aromatic heterocycles. The molecule has 1 saturated carbocycles. The lowest BCUT2D eigenvalue weighted by Crippen LogP contribution is -2.34. The Labute approximate surface area is 164 Å². The molecule has 1 aliphatic carbocycles. The second kappa shape index (κ2) is 7.28. The number of hydrogen-bond acceptors (Lipinski definition) is 5. The first-order valence-corrected chi connectivity index (χ1v) is 9.44. The van der Waals surface area contributed by atoms with Gasteiger partial charge in [0.25, 0.3) is 0 Å². The van der Waals surface area contributed by atoms with Crippen LogP contribution in [0.4, 0.5) is 0 Å². The van der Waals surface area contributed by atoms with Crippen molar-refractivity contribution < 1.29 is 19.4 Å². The standard InChI is InChI=1S/C22H24N2O4/c1-27-19-10-15-16-9-12(25)7-8-18(16)24-21(17(15)11-20(19)28-2)13-5-3-4-6-14(13)22(23)26/h3-6,10-12,16,18,25H,7-9H2,1-2H3,(H2,23,26). The van der Waals surface area contributed by atoms with Crippen molar-refractivity contribution in [1.82, 2.24) is 0 Å². The molecule has 1 aliphatic heterocycles. The minimum atomic E-state index is -0.485. The summed E-state index contributed by atoms with van der Waals surface area (Å²) in [6.45, 7) is 0. The molecule has 6 nitrogen and oxygen atoms in total. The van der Waals surface area contributed by atoms with E-state index in [9.17, 15) is 9.90 Å². The lowest BCUT2D eigenvalue weighted by atomic mass is 9.73. The van der Waals surface area contributed by atoms with Crippen LogP contribution in [0.5, 0.6) is 11.5 Å². The maximum Gasteiger partial charge on any atom is 0.249 e. The number of hydrogen-bond donors (Lipinski definition) is 2. The maximum absolute atomic E-state index is 12.0. The third kappa shape index (κ3) is 3.03. The molecule has 28 heavy (non-hydrogen) atoms. The van der Waals surface area contributed by atoms with Crippen molar-refractivity contribution in [1.29, 1.82) is 0 Å². The molecule has 0 spiro atoms. The number of nitrogens with zero attached hydrogens (tertiary/aromatic N) is 1. The van der Waals surface area contributed by atoms with Gasteiger partial charge in [0.1, 0.15) is 0 Å². The molecule has 3 N–H and O–H groups in total. The number of nitrogens with two attached hydrogens (primary N) is 1. The van der Waals surface area contributed by atoms with E-state index in [1.54, 1.807) is 26.4 Å². The number of primary amides is 1. The van der Waals surface area contributed by atoms with E-state index in [1.807, 2.05) is 24.3 Å². The molecule has 1 amide bonds. The average Bonchev–Trinajstić information content (AvgIpc) is 2.72. The number of carbonyl (C=O) groups excluding carboxylic acids is 1. The Hall–Kier alpha value is -2.86. The zero-order valence-electron chi connectivity index (χ0n) is 16.0. The Bertz CT molecular complexity index is 954. The van der Waals surface area contributed by atoms with Gasteiger partial charge in [-0.25, -0.2) is 0 Å². The van der Waals surface area contributed by atoms with Crippen molar-refractivity contribution in [2.45, 2.75) is 37.3 Å². The molecule has 3 unspecified atom stereocenters. The molecular formula is C22H24N2O4. The SMILES string of the molecule is COc1cc2c(cc1OC)C1CC(O)CCC1N=C2c1ccccc1C(N)=O. The number of aliphatic imine (C=N–C) groups is 1. The highest BCUT2D eigenvalue weighted by Gasteiger charge is 2.37. The normalized spacial score (nSPS) is 23.2. The largest absolute Gasteiger partial charge is 0.493 e. The van der Waals surface area contributed by atoms with Crippen LogP contribution in [0, 0.1) is 0 Å². The molecule has 4 rings (SSSR count). The van der Waals surface area contributed by atoms with Gasteiger partial charge in [-0.1, -0.05) is 18.2 Å². The molecule has 2 aromatic rings. The molecule has 1 heterocycles. The number of amides is 1. The van der Waals surface area contributed by atoms with E-state index >= 15 is 0 Å².